The second kappa shape index (κ2) is 9.06. The van der Waals surface area contributed by atoms with Crippen LogP contribution in [0, 0.1) is 0 Å². The van der Waals surface area contributed by atoms with Crippen LogP contribution >= 0.6 is 0 Å². The zero-order valence-corrected chi connectivity index (χ0v) is 20.0. The Morgan fingerprint density at radius 2 is 1.69 bits per heavy atom. The number of hydrogen-bond donors (Lipinski definition) is 2. The molecule has 8 heteroatoms. The van der Waals surface area contributed by atoms with Crippen molar-refractivity contribution in [2.75, 3.05) is 32.0 Å². The molecule has 0 saturated heterocycles. The largest absolute Gasteiger partial charge is 0.497 e. The molecule has 0 aliphatic carbocycles. The lowest BCUT2D eigenvalue weighted by Gasteiger charge is -2.31. The maximum absolute atomic E-state index is 13.9. The standard InChI is InChI=1S/C27H26N4O4/c1-16-24(26(32)29-20-10-6-8-12-23(20)35-4)25(18-15-17(33-2)13-14-22(18)34-3)31-21-11-7-5-9-19(21)30-27(31)28-16/h5-15,25H,1-4H3,(H,28,30)(H,29,32). The number of anilines is 2. The SMILES string of the molecule is COc1ccc(OC)c(C2C(C(=O)Nc3ccccc3OC)=C(C)Nc3nc4ccccc4n32)c1. The monoisotopic (exact) mass is 470 g/mol. The normalized spacial score (nSPS) is 14.8. The van der Waals surface area contributed by atoms with Crippen LogP contribution in [0.15, 0.2) is 78.0 Å². The summed E-state index contributed by atoms with van der Waals surface area (Å²) in [6.07, 6.45) is 0. The van der Waals surface area contributed by atoms with Gasteiger partial charge in [0.25, 0.3) is 5.91 Å². The number of fused-ring (bicyclic) bond motifs is 3. The highest BCUT2D eigenvalue weighted by molar-refractivity contribution is 6.07. The number of nitrogens with one attached hydrogen (secondary N) is 2. The van der Waals surface area contributed by atoms with Crippen molar-refractivity contribution >= 4 is 28.6 Å². The molecule has 4 aromatic rings. The first-order valence-electron chi connectivity index (χ1n) is 11.2. The van der Waals surface area contributed by atoms with E-state index >= 15 is 0 Å². The van der Waals surface area contributed by atoms with Gasteiger partial charge in [-0.15, -0.1) is 0 Å². The first-order chi connectivity index (χ1) is 17.0. The molecule has 35 heavy (non-hydrogen) atoms. The van der Waals surface area contributed by atoms with Gasteiger partial charge in [0.2, 0.25) is 5.95 Å². The summed E-state index contributed by atoms with van der Waals surface area (Å²) in [6, 6.07) is 20.2. The zero-order chi connectivity index (χ0) is 24.5. The van der Waals surface area contributed by atoms with Gasteiger partial charge in [0, 0.05) is 11.3 Å². The number of carbonyl (C=O) groups is 1. The van der Waals surface area contributed by atoms with Crippen molar-refractivity contribution in [2.45, 2.75) is 13.0 Å². The molecular weight excluding hydrogens is 444 g/mol. The minimum Gasteiger partial charge on any atom is -0.497 e. The maximum atomic E-state index is 13.9. The van der Waals surface area contributed by atoms with E-state index in [0.717, 1.165) is 16.6 Å². The highest BCUT2D eigenvalue weighted by Crippen LogP contribution is 2.43. The minimum absolute atomic E-state index is 0.266. The molecule has 1 atom stereocenters. The summed E-state index contributed by atoms with van der Waals surface area (Å²) in [5, 5.41) is 6.36. The molecule has 2 N–H and O–H groups in total. The van der Waals surface area contributed by atoms with Crippen LogP contribution in [0.25, 0.3) is 11.0 Å². The van der Waals surface area contributed by atoms with Crippen LogP contribution in [-0.4, -0.2) is 36.8 Å². The first-order valence-corrected chi connectivity index (χ1v) is 11.2. The van der Waals surface area contributed by atoms with E-state index in [2.05, 4.69) is 10.6 Å². The molecule has 8 nitrogen and oxygen atoms in total. The third-order valence-corrected chi connectivity index (χ3v) is 6.16. The molecule has 5 rings (SSSR count). The molecule has 0 radical (unpaired) electrons. The van der Waals surface area contributed by atoms with Crippen molar-refractivity contribution in [2.24, 2.45) is 0 Å². The Morgan fingerprint density at radius 1 is 0.943 bits per heavy atom. The van der Waals surface area contributed by atoms with Crippen molar-refractivity contribution in [3.8, 4) is 17.2 Å². The number of benzene rings is 3. The third kappa shape index (κ3) is 3.82. The van der Waals surface area contributed by atoms with Gasteiger partial charge in [-0.3, -0.25) is 9.36 Å². The van der Waals surface area contributed by atoms with Crippen LogP contribution in [0.5, 0.6) is 17.2 Å². The van der Waals surface area contributed by atoms with Gasteiger partial charge in [-0.2, -0.15) is 0 Å². The predicted molar refractivity (Wildman–Crippen MR) is 135 cm³/mol. The molecule has 0 fully saturated rings. The number of para-hydroxylation sites is 4. The van der Waals surface area contributed by atoms with Gasteiger partial charge in [-0.05, 0) is 49.4 Å². The van der Waals surface area contributed by atoms with E-state index in [-0.39, 0.29) is 5.91 Å². The van der Waals surface area contributed by atoms with Crippen LogP contribution < -0.4 is 24.8 Å². The molecule has 3 aromatic carbocycles. The predicted octanol–water partition coefficient (Wildman–Crippen LogP) is 4.99. The highest BCUT2D eigenvalue weighted by Gasteiger charge is 2.36. The number of carbonyl (C=O) groups excluding carboxylic acids is 1. The van der Waals surface area contributed by atoms with Crippen molar-refractivity contribution < 1.29 is 19.0 Å². The lowest BCUT2D eigenvalue weighted by molar-refractivity contribution is -0.113. The summed E-state index contributed by atoms with van der Waals surface area (Å²) in [5.74, 6) is 2.25. The Morgan fingerprint density at radius 3 is 2.46 bits per heavy atom. The van der Waals surface area contributed by atoms with Gasteiger partial charge in [0.1, 0.15) is 17.2 Å². The summed E-state index contributed by atoms with van der Waals surface area (Å²) in [7, 11) is 4.80. The average Bonchev–Trinajstić information content (AvgIpc) is 3.25. The Balaban J connectivity index is 1.72. The van der Waals surface area contributed by atoms with E-state index < -0.39 is 6.04 Å². The van der Waals surface area contributed by atoms with Crippen molar-refractivity contribution in [3.63, 3.8) is 0 Å². The summed E-state index contributed by atoms with van der Waals surface area (Å²) in [4.78, 5) is 18.7. The van der Waals surface area contributed by atoms with E-state index in [9.17, 15) is 4.79 Å². The molecule has 1 amide bonds. The van der Waals surface area contributed by atoms with Crippen molar-refractivity contribution in [1.29, 1.82) is 0 Å². The van der Waals surface area contributed by atoms with Crippen LogP contribution in [0.2, 0.25) is 0 Å². The molecule has 2 heterocycles. The maximum Gasteiger partial charge on any atom is 0.255 e. The van der Waals surface area contributed by atoms with Gasteiger partial charge < -0.3 is 24.8 Å². The van der Waals surface area contributed by atoms with Crippen LogP contribution in [0.1, 0.15) is 18.5 Å². The summed E-state index contributed by atoms with van der Waals surface area (Å²) in [6.45, 7) is 1.87. The first kappa shape index (κ1) is 22.3. The Bertz CT molecular complexity index is 1460. The molecule has 0 spiro atoms. The molecule has 1 aromatic heterocycles. The number of allylic oxidation sites excluding steroid dienone is 1. The number of nitrogens with zero attached hydrogens (tertiary/aromatic N) is 2. The fourth-order valence-corrected chi connectivity index (χ4v) is 4.54. The summed E-state index contributed by atoms with van der Waals surface area (Å²) >= 11 is 0. The Labute approximate surface area is 203 Å². The molecule has 1 aliphatic rings. The minimum atomic E-state index is -0.529. The number of ether oxygens (including phenoxy) is 3. The zero-order valence-electron chi connectivity index (χ0n) is 20.0. The van der Waals surface area contributed by atoms with Gasteiger partial charge in [0.05, 0.1) is 49.7 Å². The average molecular weight is 471 g/mol. The van der Waals surface area contributed by atoms with E-state index in [4.69, 9.17) is 19.2 Å². The molecule has 178 valence electrons. The second-order valence-electron chi connectivity index (χ2n) is 8.12. The van der Waals surface area contributed by atoms with Gasteiger partial charge in [0.15, 0.2) is 0 Å². The van der Waals surface area contributed by atoms with E-state index in [1.54, 1.807) is 27.4 Å². The third-order valence-electron chi connectivity index (χ3n) is 6.16. The van der Waals surface area contributed by atoms with Crippen molar-refractivity contribution in [1.82, 2.24) is 9.55 Å². The number of hydrogen-bond acceptors (Lipinski definition) is 6. The lowest BCUT2D eigenvalue weighted by Crippen LogP contribution is -2.31. The van der Waals surface area contributed by atoms with Gasteiger partial charge >= 0.3 is 0 Å². The molecule has 0 saturated carbocycles. The van der Waals surface area contributed by atoms with Crippen LogP contribution in [0.3, 0.4) is 0 Å². The van der Waals surface area contributed by atoms with Crippen LogP contribution in [-0.2, 0) is 4.79 Å². The quantitative estimate of drug-likeness (QED) is 0.413. The van der Waals surface area contributed by atoms with Gasteiger partial charge in [-0.25, -0.2) is 4.98 Å². The fourth-order valence-electron chi connectivity index (χ4n) is 4.54. The number of aromatic nitrogens is 2. The van der Waals surface area contributed by atoms with E-state index in [1.807, 2.05) is 72.2 Å². The molecule has 0 bridgehead atoms. The Hall–Kier alpha value is -4.46. The summed E-state index contributed by atoms with van der Waals surface area (Å²) < 4.78 is 18.7. The Kier molecular flexibility index (Phi) is 5.78. The smallest absolute Gasteiger partial charge is 0.255 e. The summed E-state index contributed by atoms with van der Waals surface area (Å²) in [5.41, 5.74) is 4.29. The number of imidazole rings is 1. The molecule has 1 aliphatic heterocycles. The second-order valence-corrected chi connectivity index (χ2v) is 8.12. The molecule has 1 unspecified atom stereocenters. The number of methoxy groups -OCH3 is 3. The van der Waals surface area contributed by atoms with E-state index in [1.165, 1.54) is 0 Å². The number of amides is 1. The van der Waals surface area contributed by atoms with E-state index in [0.29, 0.717) is 40.2 Å². The fraction of sp³-hybridized carbons (Fsp3) is 0.185. The van der Waals surface area contributed by atoms with Gasteiger partial charge in [-0.1, -0.05) is 24.3 Å². The van der Waals surface area contributed by atoms with Crippen molar-refractivity contribution in [3.05, 3.63) is 83.6 Å². The molecular formula is C27H26N4O4. The van der Waals surface area contributed by atoms with Crippen LogP contribution in [0.4, 0.5) is 11.6 Å². The number of rotatable bonds is 6. The topological polar surface area (TPSA) is 86.6 Å². The highest BCUT2D eigenvalue weighted by atomic mass is 16.5. The lowest BCUT2D eigenvalue weighted by atomic mass is 9.93.